The molecule has 0 aliphatic heterocycles. The molecule has 0 aliphatic rings. The number of hydrogen-bond acceptors (Lipinski definition) is 4. The van der Waals surface area contributed by atoms with E-state index in [0.29, 0.717) is 18.8 Å². The zero-order valence-corrected chi connectivity index (χ0v) is 12.8. The first kappa shape index (κ1) is 15.4. The lowest BCUT2D eigenvalue weighted by molar-refractivity contribution is 0.183. The van der Waals surface area contributed by atoms with Crippen molar-refractivity contribution in [2.75, 3.05) is 30.6 Å². The van der Waals surface area contributed by atoms with Gasteiger partial charge in [0.25, 0.3) is 0 Å². The van der Waals surface area contributed by atoms with Gasteiger partial charge in [-0.25, -0.2) is 4.79 Å². The Morgan fingerprint density at radius 2 is 2.19 bits per heavy atom. The molecule has 2 amide bonds. The van der Waals surface area contributed by atoms with Crippen LogP contribution in [-0.2, 0) is 11.3 Å². The standard InChI is InChI=1S/C14H18N4O2S/c1-20-7-6-18-10-12(9-15-18)17-14(19)16-11-4-3-5-13(8-11)21-2/h3-5,8-10H,6-7H2,1-2H3,(H2,16,17,19). The van der Waals surface area contributed by atoms with Crippen LogP contribution in [0.25, 0.3) is 0 Å². The summed E-state index contributed by atoms with van der Waals surface area (Å²) in [7, 11) is 1.64. The number of nitrogens with one attached hydrogen (secondary N) is 2. The summed E-state index contributed by atoms with van der Waals surface area (Å²) in [6, 6.07) is 7.38. The SMILES string of the molecule is COCCn1cc(NC(=O)Nc2cccc(SC)c2)cn1. The Morgan fingerprint density at radius 3 is 2.95 bits per heavy atom. The average molecular weight is 306 g/mol. The van der Waals surface area contributed by atoms with Crippen LogP contribution in [0.15, 0.2) is 41.6 Å². The Balaban J connectivity index is 1.90. The second-order valence-corrected chi connectivity index (χ2v) is 5.18. The van der Waals surface area contributed by atoms with Gasteiger partial charge < -0.3 is 15.4 Å². The molecule has 1 heterocycles. The highest BCUT2D eigenvalue weighted by atomic mass is 32.2. The van der Waals surface area contributed by atoms with Crippen molar-refractivity contribution in [1.82, 2.24) is 9.78 Å². The van der Waals surface area contributed by atoms with Crippen molar-refractivity contribution < 1.29 is 9.53 Å². The molecule has 7 heteroatoms. The normalized spacial score (nSPS) is 10.4. The number of carbonyl (C=O) groups is 1. The van der Waals surface area contributed by atoms with Crippen molar-refractivity contribution >= 4 is 29.2 Å². The highest BCUT2D eigenvalue weighted by Crippen LogP contribution is 2.19. The number of nitrogens with zero attached hydrogens (tertiary/aromatic N) is 2. The van der Waals surface area contributed by atoms with Crippen molar-refractivity contribution in [2.24, 2.45) is 0 Å². The summed E-state index contributed by atoms with van der Waals surface area (Å²) < 4.78 is 6.69. The zero-order chi connectivity index (χ0) is 15.1. The van der Waals surface area contributed by atoms with E-state index in [-0.39, 0.29) is 6.03 Å². The number of amides is 2. The molecule has 21 heavy (non-hydrogen) atoms. The van der Waals surface area contributed by atoms with Gasteiger partial charge in [-0.3, -0.25) is 4.68 Å². The van der Waals surface area contributed by atoms with Crippen molar-refractivity contribution in [3.8, 4) is 0 Å². The van der Waals surface area contributed by atoms with Gasteiger partial charge in [0.15, 0.2) is 0 Å². The molecule has 1 aromatic carbocycles. The second-order valence-electron chi connectivity index (χ2n) is 4.30. The first-order valence-corrected chi connectivity index (χ1v) is 7.67. The molecule has 2 rings (SSSR count). The maximum atomic E-state index is 11.9. The minimum Gasteiger partial charge on any atom is -0.383 e. The van der Waals surface area contributed by atoms with Crippen molar-refractivity contribution in [3.63, 3.8) is 0 Å². The topological polar surface area (TPSA) is 68.2 Å². The molecule has 0 fully saturated rings. The van der Waals surface area contributed by atoms with Crippen molar-refractivity contribution in [1.29, 1.82) is 0 Å². The van der Waals surface area contributed by atoms with Gasteiger partial charge in [0.05, 0.1) is 25.0 Å². The molecule has 2 aromatic rings. The summed E-state index contributed by atoms with van der Waals surface area (Å²) in [6.45, 7) is 1.23. The molecule has 0 bridgehead atoms. The van der Waals surface area contributed by atoms with Crippen LogP contribution in [0, 0.1) is 0 Å². The molecule has 112 valence electrons. The lowest BCUT2D eigenvalue weighted by Gasteiger charge is -2.07. The number of urea groups is 1. The van der Waals surface area contributed by atoms with Crippen LogP contribution in [0.1, 0.15) is 0 Å². The third-order valence-electron chi connectivity index (χ3n) is 2.74. The molecule has 0 unspecified atom stereocenters. The minimum absolute atomic E-state index is 0.292. The maximum absolute atomic E-state index is 11.9. The molecule has 2 N–H and O–H groups in total. The summed E-state index contributed by atoms with van der Waals surface area (Å²) in [5.74, 6) is 0. The third kappa shape index (κ3) is 4.80. The van der Waals surface area contributed by atoms with Crippen LogP contribution >= 0.6 is 11.8 Å². The average Bonchev–Trinajstić information content (AvgIpc) is 2.92. The van der Waals surface area contributed by atoms with Crippen LogP contribution in [0.2, 0.25) is 0 Å². The van der Waals surface area contributed by atoms with E-state index in [9.17, 15) is 4.79 Å². The molecule has 0 atom stereocenters. The van der Waals surface area contributed by atoms with Crippen LogP contribution in [-0.4, -0.2) is 35.8 Å². The van der Waals surface area contributed by atoms with Crippen LogP contribution in [0.4, 0.5) is 16.2 Å². The van der Waals surface area contributed by atoms with E-state index in [2.05, 4.69) is 15.7 Å². The Morgan fingerprint density at radius 1 is 1.38 bits per heavy atom. The van der Waals surface area contributed by atoms with E-state index in [1.54, 1.807) is 35.9 Å². The molecule has 1 aromatic heterocycles. The number of carbonyl (C=O) groups excluding carboxylic acids is 1. The Hall–Kier alpha value is -1.99. The molecular formula is C14H18N4O2S. The van der Waals surface area contributed by atoms with Crippen molar-refractivity contribution in [3.05, 3.63) is 36.7 Å². The lowest BCUT2D eigenvalue weighted by Crippen LogP contribution is -2.19. The number of ether oxygens (including phenoxy) is 1. The summed E-state index contributed by atoms with van der Waals surface area (Å²) >= 11 is 1.63. The minimum atomic E-state index is -0.292. The monoisotopic (exact) mass is 306 g/mol. The molecule has 0 spiro atoms. The molecule has 0 saturated carbocycles. The Labute approximate surface area is 127 Å². The van der Waals surface area contributed by atoms with Gasteiger partial charge in [-0.1, -0.05) is 6.07 Å². The quantitative estimate of drug-likeness (QED) is 0.805. The van der Waals surface area contributed by atoms with Gasteiger partial charge in [0, 0.05) is 23.9 Å². The number of benzene rings is 1. The number of methoxy groups -OCH3 is 1. The summed E-state index contributed by atoms with van der Waals surface area (Å²) in [5, 5.41) is 9.67. The van der Waals surface area contributed by atoms with Gasteiger partial charge in [-0.2, -0.15) is 5.10 Å². The summed E-state index contributed by atoms with van der Waals surface area (Å²) in [6.07, 6.45) is 5.36. The Bertz CT molecular complexity index is 600. The summed E-state index contributed by atoms with van der Waals surface area (Å²) in [5.41, 5.74) is 1.40. The molecule has 0 aliphatic carbocycles. The third-order valence-corrected chi connectivity index (χ3v) is 3.47. The van der Waals surface area contributed by atoms with E-state index in [1.807, 2.05) is 30.5 Å². The van der Waals surface area contributed by atoms with Gasteiger partial charge >= 0.3 is 6.03 Å². The number of hydrogen-bond donors (Lipinski definition) is 2. The van der Waals surface area contributed by atoms with Crippen LogP contribution in [0.3, 0.4) is 0 Å². The highest BCUT2D eigenvalue weighted by molar-refractivity contribution is 7.98. The number of anilines is 2. The van der Waals surface area contributed by atoms with E-state index in [1.165, 1.54) is 0 Å². The van der Waals surface area contributed by atoms with Gasteiger partial charge in [-0.15, -0.1) is 11.8 Å². The number of rotatable bonds is 6. The number of thioether (sulfide) groups is 1. The molecular weight excluding hydrogens is 288 g/mol. The first-order chi connectivity index (χ1) is 10.2. The number of aromatic nitrogens is 2. The largest absolute Gasteiger partial charge is 0.383 e. The predicted molar refractivity (Wildman–Crippen MR) is 85.0 cm³/mol. The highest BCUT2D eigenvalue weighted by Gasteiger charge is 2.05. The molecule has 0 radical (unpaired) electrons. The van der Waals surface area contributed by atoms with E-state index >= 15 is 0 Å². The zero-order valence-electron chi connectivity index (χ0n) is 12.0. The van der Waals surface area contributed by atoms with E-state index in [0.717, 1.165) is 10.6 Å². The van der Waals surface area contributed by atoms with E-state index in [4.69, 9.17) is 4.74 Å². The lowest BCUT2D eigenvalue weighted by atomic mass is 10.3. The maximum Gasteiger partial charge on any atom is 0.323 e. The predicted octanol–water partition coefficient (Wildman–Crippen LogP) is 2.90. The Kier molecular flexibility index (Phi) is 5.65. The van der Waals surface area contributed by atoms with Crippen LogP contribution in [0.5, 0.6) is 0 Å². The van der Waals surface area contributed by atoms with E-state index < -0.39 is 0 Å². The second kappa shape index (κ2) is 7.70. The van der Waals surface area contributed by atoms with Gasteiger partial charge in [0.1, 0.15) is 0 Å². The van der Waals surface area contributed by atoms with Crippen molar-refractivity contribution in [2.45, 2.75) is 11.4 Å². The van der Waals surface area contributed by atoms with Crippen LogP contribution < -0.4 is 10.6 Å². The smallest absolute Gasteiger partial charge is 0.323 e. The fraction of sp³-hybridized carbons (Fsp3) is 0.286. The molecule has 6 nitrogen and oxygen atoms in total. The first-order valence-electron chi connectivity index (χ1n) is 6.44. The molecule has 0 saturated heterocycles. The van der Waals surface area contributed by atoms with Gasteiger partial charge in [-0.05, 0) is 24.5 Å². The fourth-order valence-electron chi connectivity index (χ4n) is 1.73. The van der Waals surface area contributed by atoms with Gasteiger partial charge in [0.2, 0.25) is 0 Å². The summed E-state index contributed by atoms with van der Waals surface area (Å²) in [4.78, 5) is 13.0. The fourth-order valence-corrected chi connectivity index (χ4v) is 2.19.